The molecule has 8 heteroatoms. The van der Waals surface area contributed by atoms with Crippen molar-refractivity contribution in [1.82, 2.24) is 14.8 Å². The van der Waals surface area contributed by atoms with Gasteiger partial charge in [0.15, 0.2) is 0 Å². The third kappa shape index (κ3) is 3.44. The summed E-state index contributed by atoms with van der Waals surface area (Å²) in [7, 11) is 0. The van der Waals surface area contributed by atoms with Crippen LogP contribution in [0.25, 0.3) is 10.6 Å². The van der Waals surface area contributed by atoms with Crippen LogP contribution in [0.1, 0.15) is 22.3 Å². The van der Waals surface area contributed by atoms with Crippen LogP contribution in [0.15, 0.2) is 16.8 Å². The van der Waals surface area contributed by atoms with Crippen molar-refractivity contribution < 1.29 is 14.3 Å². The summed E-state index contributed by atoms with van der Waals surface area (Å²) in [5.41, 5.74) is 1.82. The maximum absolute atomic E-state index is 12.8. The Morgan fingerprint density at radius 1 is 1.25 bits per heavy atom. The molecule has 24 heavy (non-hydrogen) atoms. The van der Waals surface area contributed by atoms with E-state index in [1.54, 1.807) is 28.1 Å². The zero-order valence-corrected chi connectivity index (χ0v) is 15.3. The number of carbonyl (C=O) groups is 2. The van der Waals surface area contributed by atoms with Crippen LogP contribution in [0.4, 0.5) is 4.79 Å². The molecule has 1 fully saturated rings. The lowest BCUT2D eigenvalue weighted by Gasteiger charge is -2.33. The molecule has 0 bridgehead atoms. The van der Waals surface area contributed by atoms with E-state index in [1.807, 2.05) is 23.8 Å². The second-order valence-electron chi connectivity index (χ2n) is 5.42. The number of hydrogen-bond acceptors (Lipinski definition) is 6. The standard InChI is InChI=1S/C16H19N3O3S2/c1-3-22-16(21)19-7-5-18(6-8-19)15(20)13-11(2)17-14(24-13)12-4-9-23-10-12/h4,9-10H,3,5-8H2,1-2H3. The molecule has 6 nitrogen and oxygen atoms in total. The normalized spacial score (nSPS) is 14.8. The van der Waals surface area contributed by atoms with Gasteiger partial charge in [-0.2, -0.15) is 11.3 Å². The van der Waals surface area contributed by atoms with Crippen LogP contribution in [-0.2, 0) is 4.74 Å². The molecule has 3 heterocycles. The topological polar surface area (TPSA) is 62.7 Å². The van der Waals surface area contributed by atoms with Gasteiger partial charge in [0, 0.05) is 37.1 Å². The van der Waals surface area contributed by atoms with Crippen LogP contribution < -0.4 is 0 Å². The van der Waals surface area contributed by atoms with E-state index in [0.29, 0.717) is 37.7 Å². The first-order valence-corrected chi connectivity index (χ1v) is 9.57. The summed E-state index contributed by atoms with van der Waals surface area (Å²) < 4.78 is 5.00. The monoisotopic (exact) mass is 365 g/mol. The number of amides is 2. The summed E-state index contributed by atoms with van der Waals surface area (Å²) in [5, 5.41) is 4.91. The molecule has 1 saturated heterocycles. The minimum Gasteiger partial charge on any atom is -0.450 e. The van der Waals surface area contributed by atoms with Gasteiger partial charge < -0.3 is 14.5 Å². The van der Waals surface area contributed by atoms with Crippen LogP contribution in [0.3, 0.4) is 0 Å². The molecule has 0 radical (unpaired) electrons. The minimum absolute atomic E-state index is 0.00464. The number of hydrogen-bond donors (Lipinski definition) is 0. The molecular weight excluding hydrogens is 346 g/mol. The lowest BCUT2D eigenvalue weighted by Crippen LogP contribution is -2.50. The van der Waals surface area contributed by atoms with Gasteiger partial charge in [0.25, 0.3) is 5.91 Å². The minimum atomic E-state index is -0.307. The van der Waals surface area contributed by atoms with Gasteiger partial charge in [0.05, 0.1) is 12.3 Å². The molecule has 0 spiro atoms. The van der Waals surface area contributed by atoms with E-state index < -0.39 is 0 Å². The fraction of sp³-hybridized carbons (Fsp3) is 0.438. The van der Waals surface area contributed by atoms with Gasteiger partial charge in [0.2, 0.25) is 0 Å². The second kappa shape index (κ2) is 7.31. The summed E-state index contributed by atoms with van der Waals surface area (Å²) >= 11 is 3.05. The number of aromatic nitrogens is 1. The molecule has 0 saturated carbocycles. The van der Waals surface area contributed by atoms with Crippen molar-refractivity contribution in [3.63, 3.8) is 0 Å². The average molecular weight is 365 g/mol. The van der Waals surface area contributed by atoms with Crippen molar-refractivity contribution in [2.45, 2.75) is 13.8 Å². The fourth-order valence-electron chi connectivity index (χ4n) is 2.55. The number of ether oxygens (including phenoxy) is 1. The lowest BCUT2D eigenvalue weighted by atomic mass is 10.3. The molecule has 2 amide bonds. The largest absolute Gasteiger partial charge is 0.450 e. The Bertz CT molecular complexity index is 719. The van der Waals surface area contributed by atoms with Crippen molar-refractivity contribution in [3.8, 4) is 10.6 Å². The molecule has 2 aromatic rings. The van der Waals surface area contributed by atoms with E-state index in [0.717, 1.165) is 16.3 Å². The van der Waals surface area contributed by atoms with E-state index >= 15 is 0 Å². The van der Waals surface area contributed by atoms with E-state index in [2.05, 4.69) is 4.98 Å². The number of carbonyl (C=O) groups excluding carboxylic acids is 2. The Morgan fingerprint density at radius 3 is 2.58 bits per heavy atom. The molecule has 3 rings (SSSR count). The molecule has 0 atom stereocenters. The van der Waals surface area contributed by atoms with Gasteiger partial charge in [0.1, 0.15) is 9.88 Å². The van der Waals surface area contributed by atoms with Crippen LogP contribution in [-0.4, -0.2) is 59.6 Å². The summed E-state index contributed by atoms with van der Waals surface area (Å²) in [6, 6.07) is 2.01. The number of thiazole rings is 1. The first kappa shape index (κ1) is 16.9. The van der Waals surface area contributed by atoms with E-state index in [9.17, 15) is 9.59 Å². The Hall–Kier alpha value is -1.93. The highest BCUT2D eigenvalue weighted by atomic mass is 32.1. The van der Waals surface area contributed by atoms with Gasteiger partial charge in [-0.25, -0.2) is 9.78 Å². The van der Waals surface area contributed by atoms with Crippen molar-refractivity contribution in [3.05, 3.63) is 27.4 Å². The molecule has 0 aliphatic carbocycles. The van der Waals surface area contributed by atoms with Crippen LogP contribution in [0, 0.1) is 6.92 Å². The van der Waals surface area contributed by atoms with Gasteiger partial charge >= 0.3 is 6.09 Å². The Kier molecular flexibility index (Phi) is 5.15. The lowest BCUT2D eigenvalue weighted by molar-refractivity contribution is 0.0573. The highest BCUT2D eigenvalue weighted by Gasteiger charge is 2.27. The summed E-state index contributed by atoms with van der Waals surface area (Å²) in [6.07, 6.45) is -0.307. The van der Waals surface area contributed by atoms with Crippen molar-refractivity contribution in [1.29, 1.82) is 0 Å². The van der Waals surface area contributed by atoms with Gasteiger partial charge in [-0.1, -0.05) is 0 Å². The Labute approximate surface area is 148 Å². The number of rotatable bonds is 3. The zero-order valence-electron chi connectivity index (χ0n) is 13.7. The average Bonchev–Trinajstić information content (AvgIpc) is 3.24. The highest BCUT2D eigenvalue weighted by Crippen LogP contribution is 2.30. The van der Waals surface area contributed by atoms with Crippen molar-refractivity contribution in [2.75, 3.05) is 32.8 Å². The first-order chi connectivity index (χ1) is 11.6. The first-order valence-electron chi connectivity index (χ1n) is 7.81. The molecule has 1 aliphatic heterocycles. The molecule has 128 valence electrons. The number of aryl methyl sites for hydroxylation is 1. The van der Waals surface area contributed by atoms with E-state index in [4.69, 9.17) is 4.74 Å². The number of thiophene rings is 1. The number of nitrogens with zero attached hydrogens (tertiary/aromatic N) is 3. The second-order valence-corrected chi connectivity index (χ2v) is 7.20. The summed E-state index contributed by atoms with van der Waals surface area (Å²) in [6.45, 7) is 6.05. The smallest absolute Gasteiger partial charge is 0.409 e. The predicted molar refractivity (Wildman–Crippen MR) is 94.7 cm³/mol. The predicted octanol–water partition coefficient (Wildman–Crippen LogP) is 3.09. The van der Waals surface area contributed by atoms with Crippen molar-refractivity contribution >= 4 is 34.7 Å². The molecule has 1 aliphatic rings. The SMILES string of the molecule is CCOC(=O)N1CCN(C(=O)c2sc(-c3ccsc3)nc2C)CC1. The van der Waals surface area contributed by atoms with Gasteiger partial charge in [-0.15, -0.1) is 11.3 Å². The van der Waals surface area contributed by atoms with E-state index in [1.165, 1.54) is 11.3 Å². The maximum atomic E-state index is 12.8. The fourth-order valence-corrected chi connectivity index (χ4v) is 4.30. The van der Waals surface area contributed by atoms with Crippen LogP contribution >= 0.6 is 22.7 Å². The molecular formula is C16H19N3O3S2. The molecule has 0 unspecified atom stereocenters. The van der Waals surface area contributed by atoms with E-state index in [-0.39, 0.29) is 12.0 Å². The Morgan fingerprint density at radius 2 is 1.96 bits per heavy atom. The van der Waals surface area contributed by atoms with Gasteiger partial charge in [-0.05, 0) is 25.3 Å². The third-order valence-corrected chi connectivity index (χ3v) is 5.73. The Balaban J connectivity index is 1.67. The summed E-state index contributed by atoms with van der Waals surface area (Å²) in [4.78, 5) is 33.1. The number of piperazine rings is 1. The maximum Gasteiger partial charge on any atom is 0.409 e. The molecule has 0 aromatic carbocycles. The highest BCUT2D eigenvalue weighted by molar-refractivity contribution is 7.17. The van der Waals surface area contributed by atoms with Crippen molar-refractivity contribution in [2.24, 2.45) is 0 Å². The quantitative estimate of drug-likeness (QED) is 0.838. The molecule has 2 aromatic heterocycles. The summed E-state index contributed by atoms with van der Waals surface area (Å²) in [5.74, 6) is -0.00464. The van der Waals surface area contributed by atoms with Crippen LogP contribution in [0.5, 0.6) is 0 Å². The zero-order chi connectivity index (χ0) is 17.1. The molecule has 0 N–H and O–H groups in total. The van der Waals surface area contributed by atoms with Gasteiger partial charge in [-0.3, -0.25) is 4.79 Å². The third-order valence-electron chi connectivity index (χ3n) is 3.85. The van der Waals surface area contributed by atoms with Crippen LogP contribution in [0.2, 0.25) is 0 Å².